The third-order valence-electron chi connectivity index (χ3n) is 5.13. The van der Waals surface area contributed by atoms with Gasteiger partial charge in [-0.15, -0.1) is 0 Å². The number of hydrogen-bond donors (Lipinski definition) is 3. The molecule has 3 rings (SSSR count). The molecule has 0 saturated carbocycles. The number of para-hydroxylation sites is 2. The van der Waals surface area contributed by atoms with E-state index in [9.17, 15) is 18.0 Å². The SMILES string of the molecule is COc1ccc(F)cc1C[NH+]1CC[NH+](CC(=O)Nc2ccccc2OC(F)F)CC1. The van der Waals surface area contributed by atoms with Gasteiger partial charge in [0.2, 0.25) is 0 Å². The van der Waals surface area contributed by atoms with E-state index in [1.165, 1.54) is 29.2 Å². The van der Waals surface area contributed by atoms with Gasteiger partial charge < -0.3 is 24.6 Å². The topological polar surface area (TPSA) is 56.4 Å². The first kappa shape index (κ1) is 21.9. The van der Waals surface area contributed by atoms with Gasteiger partial charge in [-0.1, -0.05) is 12.1 Å². The van der Waals surface area contributed by atoms with Crippen LogP contribution in [0.4, 0.5) is 18.9 Å². The zero-order chi connectivity index (χ0) is 21.5. The number of anilines is 1. The Kier molecular flexibility index (Phi) is 7.53. The molecule has 9 heteroatoms. The van der Waals surface area contributed by atoms with Crippen molar-refractivity contribution < 1.29 is 37.2 Å². The minimum atomic E-state index is -2.96. The van der Waals surface area contributed by atoms with Crippen LogP contribution in [0.5, 0.6) is 11.5 Å². The normalized spacial score (nSPS) is 18.8. The third kappa shape index (κ3) is 6.11. The fourth-order valence-electron chi connectivity index (χ4n) is 3.66. The zero-order valence-electron chi connectivity index (χ0n) is 16.7. The minimum Gasteiger partial charge on any atom is -0.496 e. The number of amides is 1. The van der Waals surface area contributed by atoms with Crippen LogP contribution < -0.4 is 24.6 Å². The van der Waals surface area contributed by atoms with Crippen molar-refractivity contribution in [3.63, 3.8) is 0 Å². The number of piperazine rings is 1. The van der Waals surface area contributed by atoms with Crippen molar-refractivity contribution in [1.82, 2.24) is 0 Å². The summed E-state index contributed by atoms with van der Waals surface area (Å²) in [6.07, 6.45) is 0. The molecule has 2 aromatic carbocycles. The molecule has 1 amide bonds. The number of rotatable bonds is 8. The van der Waals surface area contributed by atoms with Crippen LogP contribution in [0.2, 0.25) is 0 Å². The van der Waals surface area contributed by atoms with E-state index >= 15 is 0 Å². The summed E-state index contributed by atoms with van der Waals surface area (Å²) in [5.41, 5.74) is 1.05. The molecule has 2 aromatic rings. The number of ether oxygens (including phenoxy) is 2. The minimum absolute atomic E-state index is 0.0610. The van der Waals surface area contributed by atoms with E-state index < -0.39 is 6.61 Å². The van der Waals surface area contributed by atoms with E-state index in [1.807, 2.05) is 0 Å². The summed E-state index contributed by atoms with van der Waals surface area (Å²) >= 11 is 0. The predicted molar refractivity (Wildman–Crippen MR) is 105 cm³/mol. The van der Waals surface area contributed by atoms with Crippen LogP contribution in [0.3, 0.4) is 0 Å². The third-order valence-corrected chi connectivity index (χ3v) is 5.13. The lowest BCUT2D eigenvalue weighted by Crippen LogP contribution is -3.28. The smallest absolute Gasteiger partial charge is 0.387 e. The van der Waals surface area contributed by atoms with Gasteiger partial charge in [0.1, 0.15) is 50.0 Å². The number of carbonyl (C=O) groups is 1. The van der Waals surface area contributed by atoms with Crippen LogP contribution in [0, 0.1) is 5.82 Å². The van der Waals surface area contributed by atoms with E-state index in [-0.39, 0.29) is 29.7 Å². The van der Waals surface area contributed by atoms with E-state index in [0.29, 0.717) is 12.3 Å². The first-order valence-corrected chi connectivity index (χ1v) is 9.78. The van der Waals surface area contributed by atoms with Crippen LogP contribution in [0.1, 0.15) is 5.56 Å². The van der Waals surface area contributed by atoms with Gasteiger partial charge >= 0.3 is 6.61 Å². The van der Waals surface area contributed by atoms with Crippen molar-refractivity contribution in [3.8, 4) is 11.5 Å². The summed E-state index contributed by atoms with van der Waals surface area (Å²) in [6, 6.07) is 10.6. The Labute approximate surface area is 173 Å². The highest BCUT2D eigenvalue weighted by Crippen LogP contribution is 2.25. The summed E-state index contributed by atoms with van der Waals surface area (Å²) in [4.78, 5) is 14.8. The fourth-order valence-corrected chi connectivity index (χ4v) is 3.66. The molecule has 1 saturated heterocycles. The van der Waals surface area contributed by atoms with Crippen molar-refractivity contribution in [2.24, 2.45) is 0 Å². The second kappa shape index (κ2) is 10.3. The molecule has 3 N–H and O–H groups in total. The summed E-state index contributed by atoms with van der Waals surface area (Å²) in [5.74, 6) is 0.0599. The number of benzene rings is 2. The zero-order valence-corrected chi connectivity index (χ0v) is 16.7. The molecule has 6 nitrogen and oxygen atoms in total. The number of alkyl halides is 2. The second-order valence-electron chi connectivity index (χ2n) is 7.23. The van der Waals surface area contributed by atoms with Gasteiger partial charge in [-0.2, -0.15) is 8.78 Å². The molecular weight excluding hydrogens is 399 g/mol. The molecule has 1 aliphatic rings. The largest absolute Gasteiger partial charge is 0.496 e. The highest BCUT2D eigenvalue weighted by molar-refractivity contribution is 5.92. The Hall–Kier alpha value is -2.78. The quantitative estimate of drug-likeness (QED) is 0.573. The van der Waals surface area contributed by atoms with Crippen molar-refractivity contribution in [1.29, 1.82) is 0 Å². The average Bonchev–Trinajstić information content (AvgIpc) is 2.71. The van der Waals surface area contributed by atoms with Gasteiger partial charge in [-0.25, -0.2) is 4.39 Å². The molecule has 0 aromatic heterocycles. The number of carbonyl (C=O) groups excluding carboxylic acids is 1. The summed E-state index contributed by atoms with van der Waals surface area (Å²) in [5, 5.41) is 2.65. The van der Waals surface area contributed by atoms with Crippen molar-refractivity contribution >= 4 is 11.6 Å². The first-order valence-electron chi connectivity index (χ1n) is 9.78. The van der Waals surface area contributed by atoms with Crippen LogP contribution in [0.15, 0.2) is 42.5 Å². The van der Waals surface area contributed by atoms with Crippen LogP contribution in [0.25, 0.3) is 0 Å². The molecule has 1 heterocycles. The van der Waals surface area contributed by atoms with Crippen LogP contribution in [-0.2, 0) is 11.3 Å². The van der Waals surface area contributed by atoms with Crippen molar-refractivity contribution in [3.05, 3.63) is 53.8 Å². The van der Waals surface area contributed by atoms with Crippen molar-refractivity contribution in [2.75, 3.05) is 45.2 Å². The standard InChI is InChI=1S/C21H24F3N3O3/c1-29-18-7-6-16(22)12-15(18)13-26-8-10-27(11-9-26)14-20(28)25-17-4-2-3-5-19(17)30-21(23)24/h2-7,12,21H,8-11,13-14H2,1H3,(H,25,28)/p+2. The average molecular weight is 425 g/mol. The van der Waals surface area contributed by atoms with Gasteiger partial charge in [0.25, 0.3) is 5.91 Å². The number of hydrogen-bond acceptors (Lipinski definition) is 3. The molecule has 1 fully saturated rings. The lowest BCUT2D eigenvalue weighted by Gasteiger charge is -2.29. The van der Waals surface area contributed by atoms with Gasteiger partial charge in [-0.05, 0) is 30.3 Å². The van der Waals surface area contributed by atoms with E-state index in [1.54, 1.807) is 25.3 Å². The number of nitrogens with one attached hydrogen (secondary N) is 3. The Morgan fingerprint density at radius 3 is 2.47 bits per heavy atom. The molecule has 1 aliphatic heterocycles. The van der Waals surface area contributed by atoms with Crippen LogP contribution in [-0.4, -0.2) is 52.4 Å². The fraction of sp³-hybridized carbons (Fsp3) is 0.381. The molecule has 30 heavy (non-hydrogen) atoms. The molecule has 0 aliphatic carbocycles. The number of methoxy groups -OCH3 is 1. The molecular formula is C21H26F3N3O3+2. The highest BCUT2D eigenvalue weighted by Gasteiger charge is 2.26. The van der Waals surface area contributed by atoms with E-state index in [2.05, 4.69) is 10.1 Å². The van der Waals surface area contributed by atoms with Gasteiger partial charge in [0.15, 0.2) is 6.54 Å². The van der Waals surface area contributed by atoms with E-state index in [0.717, 1.165) is 36.6 Å². The first-order chi connectivity index (χ1) is 14.4. The predicted octanol–water partition coefficient (Wildman–Crippen LogP) is 0.358. The summed E-state index contributed by atoms with van der Waals surface area (Å²) in [6.45, 7) is 1.13. The molecule has 0 atom stereocenters. The maximum absolute atomic E-state index is 13.6. The summed E-state index contributed by atoms with van der Waals surface area (Å²) < 4.78 is 48.3. The molecule has 0 bridgehead atoms. The molecule has 0 unspecified atom stereocenters. The van der Waals surface area contributed by atoms with E-state index in [4.69, 9.17) is 4.74 Å². The Morgan fingerprint density at radius 1 is 1.07 bits per heavy atom. The lowest BCUT2D eigenvalue weighted by atomic mass is 10.1. The molecule has 162 valence electrons. The second-order valence-corrected chi connectivity index (χ2v) is 7.23. The van der Waals surface area contributed by atoms with Gasteiger partial charge in [-0.3, -0.25) is 4.79 Å². The molecule has 0 radical (unpaired) electrons. The Balaban J connectivity index is 1.49. The number of quaternary nitrogens is 2. The van der Waals surface area contributed by atoms with Gasteiger partial charge in [0, 0.05) is 0 Å². The summed E-state index contributed by atoms with van der Waals surface area (Å²) in [7, 11) is 1.57. The maximum Gasteiger partial charge on any atom is 0.387 e. The Morgan fingerprint density at radius 2 is 1.77 bits per heavy atom. The Bertz CT molecular complexity index is 858. The monoisotopic (exact) mass is 425 g/mol. The van der Waals surface area contributed by atoms with Crippen LogP contribution >= 0.6 is 0 Å². The lowest BCUT2D eigenvalue weighted by molar-refractivity contribution is -1.02. The van der Waals surface area contributed by atoms with Gasteiger partial charge in [0.05, 0.1) is 18.4 Å². The maximum atomic E-state index is 13.6. The molecule has 0 spiro atoms. The highest BCUT2D eigenvalue weighted by atomic mass is 19.3. The number of halogens is 3. The van der Waals surface area contributed by atoms with Crippen molar-refractivity contribution in [2.45, 2.75) is 13.2 Å².